The van der Waals surface area contributed by atoms with E-state index in [0.717, 1.165) is 6.42 Å². The summed E-state index contributed by atoms with van der Waals surface area (Å²) in [5.41, 5.74) is 0.309. The molecular formula is C14H28O2. The Hall–Kier alpha value is -0.0800. The molecule has 1 fully saturated rings. The minimum absolute atomic E-state index is 0.000718. The van der Waals surface area contributed by atoms with Crippen molar-refractivity contribution < 1.29 is 9.84 Å². The fourth-order valence-electron chi connectivity index (χ4n) is 2.94. The van der Waals surface area contributed by atoms with E-state index < -0.39 is 0 Å². The van der Waals surface area contributed by atoms with Gasteiger partial charge in [0.25, 0.3) is 0 Å². The molecule has 0 bridgehead atoms. The molecule has 2 heteroatoms. The lowest BCUT2D eigenvalue weighted by Crippen LogP contribution is -2.37. The van der Waals surface area contributed by atoms with Crippen molar-refractivity contribution in [1.29, 1.82) is 0 Å². The molecule has 1 aliphatic rings. The number of rotatable bonds is 1. The van der Waals surface area contributed by atoms with Crippen LogP contribution < -0.4 is 0 Å². The van der Waals surface area contributed by atoms with Gasteiger partial charge in [-0.15, -0.1) is 0 Å². The third kappa shape index (κ3) is 3.21. The molecule has 1 saturated heterocycles. The monoisotopic (exact) mass is 228 g/mol. The van der Waals surface area contributed by atoms with E-state index in [9.17, 15) is 5.11 Å². The Kier molecular flexibility index (Phi) is 3.76. The average Bonchev–Trinajstić information content (AvgIpc) is 2.21. The highest BCUT2D eigenvalue weighted by Crippen LogP contribution is 2.42. The van der Waals surface area contributed by atoms with E-state index in [1.165, 1.54) is 0 Å². The van der Waals surface area contributed by atoms with Crippen LogP contribution in [0.2, 0.25) is 0 Å². The molecule has 1 aliphatic heterocycles. The first-order chi connectivity index (χ1) is 7.02. The summed E-state index contributed by atoms with van der Waals surface area (Å²) < 4.78 is 5.94. The molecule has 0 amide bonds. The molecule has 0 radical (unpaired) electrons. The van der Waals surface area contributed by atoms with E-state index >= 15 is 0 Å². The molecule has 0 spiro atoms. The average molecular weight is 228 g/mol. The quantitative estimate of drug-likeness (QED) is 0.746. The van der Waals surface area contributed by atoms with Gasteiger partial charge in [0.15, 0.2) is 0 Å². The Balaban J connectivity index is 2.75. The van der Waals surface area contributed by atoms with Crippen LogP contribution in [0.3, 0.4) is 0 Å². The molecule has 2 nitrogen and oxygen atoms in total. The van der Waals surface area contributed by atoms with Crippen LogP contribution in [0.25, 0.3) is 0 Å². The fourth-order valence-corrected chi connectivity index (χ4v) is 2.94. The molecule has 1 rings (SSSR count). The molecule has 96 valence electrons. The second kappa shape index (κ2) is 4.30. The van der Waals surface area contributed by atoms with Crippen molar-refractivity contribution in [3.8, 4) is 0 Å². The second-order valence-electron chi connectivity index (χ2n) is 7.53. The number of aliphatic hydroxyl groups excluding tert-OH is 1. The molecule has 0 aromatic carbocycles. The summed E-state index contributed by atoms with van der Waals surface area (Å²) in [6.45, 7) is 15.2. The van der Waals surface area contributed by atoms with Crippen molar-refractivity contribution in [2.75, 3.05) is 0 Å². The smallest absolute Gasteiger partial charge is 0.0859 e. The lowest BCUT2D eigenvalue weighted by Gasteiger charge is -2.32. The van der Waals surface area contributed by atoms with Crippen molar-refractivity contribution >= 4 is 0 Å². The molecule has 1 N–H and O–H groups in total. The summed E-state index contributed by atoms with van der Waals surface area (Å²) in [6, 6.07) is 0. The minimum atomic E-state index is -0.325. The van der Waals surface area contributed by atoms with Gasteiger partial charge in [-0.3, -0.25) is 0 Å². The van der Waals surface area contributed by atoms with Crippen molar-refractivity contribution in [3.05, 3.63) is 0 Å². The lowest BCUT2D eigenvalue weighted by molar-refractivity contribution is -0.00699. The Morgan fingerprint density at radius 1 is 1.06 bits per heavy atom. The number of hydrogen-bond donors (Lipinski definition) is 1. The van der Waals surface area contributed by atoms with Gasteiger partial charge in [-0.2, -0.15) is 0 Å². The van der Waals surface area contributed by atoms with E-state index in [1.807, 2.05) is 0 Å². The highest BCUT2D eigenvalue weighted by molar-refractivity contribution is 4.95. The van der Waals surface area contributed by atoms with Gasteiger partial charge in [0, 0.05) is 5.92 Å². The number of aliphatic hydroxyl groups is 1. The molecule has 0 aliphatic carbocycles. The van der Waals surface area contributed by atoms with Crippen LogP contribution in [0.1, 0.15) is 54.9 Å². The van der Waals surface area contributed by atoms with E-state index in [4.69, 9.17) is 4.74 Å². The summed E-state index contributed by atoms with van der Waals surface area (Å²) in [7, 11) is 0. The first-order valence-electron chi connectivity index (χ1n) is 6.36. The Labute approximate surface area is 100 Å². The van der Waals surface area contributed by atoms with Crippen molar-refractivity contribution in [1.82, 2.24) is 0 Å². The Morgan fingerprint density at radius 3 is 1.88 bits per heavy atom. The fraction of sp³-hybridized carbons (Fsp3) is 1.00. The molecule has 1 unspecified atom stereocenters. The molecule has 0 aromatic rings. The van der Waals surface area contributed by atoms with E-state index in [1.54, 1.807) is 0 Å². The van der Waals surface area contributed by atoms with Crippen LogP contribution in [0.5, 0.6) is 0 Å². The zero-order valence-corrected chi connectivity index (χ0v) is 11.9. The lowest BCUT2D eigenvalue weighted by atomic mass is 9.73. The number of hydrogen-bond acceptors (Lipinski definition) is 2. The van der Waals surface area contributed by atoms with Gasteiger partial charge in [-0.25, -0.2) is 0 Å². The summed E-state index contributed by atoms with van der Waals surface area (Å²) in [5.74, 6) is 0.236. The molecule has 0 aromatic heterocycles. The van der Waals surface area contributed by atoms with Crippen molar-refractivity contribution in [3.63, 3.8) is 0 Å². The largest absolute Gasteiger partial charge is 0.390 e. The first-order valence-corrected chi connectivity index (χ1v) is 6.36. The summed E-state index contributed by atoms with van der Waals surface area (Å²) in [5, 5.41) is 10.4. The zero-order chi connectivity index (χ0) is 12.7. The van der Waals surface area contributed by atoms with Gasteiger partial charge in [-0.1, -0.05) is 41.5 Å². The SMILES string of the molecule is C[C@@H]1O[C@H](CC(C)(C)C)[C@H](O)C1C(C)(C)C. The molecule has 1 heterocycles. The topological polar surface area (TPSA) is 29.5 Å². The van der Waals surface area contributed by atoms with Gasteiger partial charge in [0.1, 0.15) is 0 Å². The molecule has 0 saturated carbocycles. The van der Waals surface area contributed by atoms with Gasteiger partial charge < -0.3 is 9.84 Å². The maximum Gasteiger partial charge on any atom is 0.0859 e. The normalized spacial score (nSPS) is 36.8. The Bertz CT molecular complexity index is 234. The highest BCUT2D eigenvalue weighted by Gasteiger charge is 2.47. The van der Waals surface area contributed by atoms with Crippen LogP contribution in [0.4, 0.5) is 0 Å². The summed E-state index contributed by atoms with van der Waals surface area (Å²) in [4.78, 5) is 0. The maximum absolute atomic E-state index is 10.4. The van der Waals surface area contributed by atoms with E-state index in [0.29, 0.717) is 0 Å². The van der Waals surface area contributed by atoms with E-state index in [-0.39, 0.29) is 35.1 Å². The molecule has 4 atom stereocenters. The summed E-state index contributed by atoms with van der Waals surface area (Å²) in [6.07, 6.45) is 0.751. The van der Waals surface area contributed by atoms with Gasteiger partial charge in [0.2, 0.25) is 0 Å². The van der Waals surface area contributed by atoms with Crippen LogP contribution in [-0.2, 0) is 4.74 Å². The molecular weight excluding hydrogens is 200 g/mol. The molecule has 16 heavy (non-hydrogen) atoms. The summed E-state index contributed by atoms with van der Waals surface area (Å²) >= 11 is 0. The van der Waals surface area contributed by atoms with Crippen LogP contribution in [-0.4, -0.2) is 23.4 Å². The second-order valence-corrected chi connectivity index (χ2v) is 7.53. The van der Waals surface area contributed by atoms with Gasteiger partial charge in [-0.05, 0) is 24.2 Å². The van der Waals surface area contributed by atoms with Crippen LogP contribution >= 0.6 is 0 Å². The maximum atomic E-state index is 10.4. The van der Waals surface area contributed by atoms with Crippen molar-refractivity contribution in [2.24, 2.45) is 16.7 Å². The van der Waals surface area contributed by atoms with Crippen LogP contribution in [0, 0.1) is 16.7 Å². The predicted octanol–water partition coefficient (Wildman–Crippen LogP) is 3.23. The van der Waals surface area contributed by atoms with Crippen molar-refractivity contribution in [2.45, 2.75) is 73.2 Å². The van der Waals surface area contributed by atoms with E-state index in [2.05, 4.69) is 48.5 Å². The predicted molar refractivity (Wildman–Crippen MR) is 67.4 cm³/mol. The third-order valence-electron chi connectivity index (χ3n) is 3.46. The third-order valence-corrected chi connectivity index (χ3v) is 3.46. The first kappa shape index (κ1) is 14.0. The highest BCUT2D eigenvalue weighted by atomic mass is 16.5. The Morgan fingerprint density at radius 2 is 1.56 bits per heavy atom. The standard InChI is InChI=1S/C14H28O2/c1-9-11(14(5,6)7)12(15)10(16-9)8-13(2,3)4/h9-12,15H,8H2,1-7H3/t9-,10+,11?,12-/m0/s1. The van der Waals surface area contributed by atoms with Gasteiger partial charge >= 0.3 is 0 Å². The van der Waals surface area contributed by atoms with Crippen LogP contribution in [0.15, 0.2) is 0 Å². The minimum Gasteiger partial charge on any atom is -0.390 e. The zero-order valence-electron chi connectivity index (χ0n) is 11.9. The van der Waals surface area contributed by atoms with Gasteiger partial charge in [0.05, 0.1) is 18.3 Å². The number of ether oxygens (including phenoxy) is 1.